The molecule has 200 valence electrons. The number of pyridine rings is 2. The number of hydrogen-bond donors (Lipinski definition) is 1. The highest BCUT2D eigenvalue weighted by Crippen LogP contribution is 2.37. The molecule has 0 saturated carbocycles. The predicted octanol–water partition coefficient (Wildman–Crippen LogP) is 3.51. The third kappa shape index (κ3) is 4.19. The van der Waals surface area contributed by atoms with Gasteiger partial charge < -0.3 is 24.6 Å². The number of aromatic nitrogens is 6. The fourth-order valence-corrected chi connectivity index (χ4v) is 5.12. The number of nitrogens with zero attached hydrogens (tertiary/aromatic N) is 8. The van der Waals surface area contributed by atoms with Gasteiger partial charge in [0.05, 0.1) is 11.6 Å². The lowest BCUT2D eigenvalue weighted by Gasteiger charge is -2.44. The summed E-state index contributed by atoms with van der Waals surface area (Å²) in [5.41, 5.74) is 3.80. The van der Waals surface area contributed by atoms with Gasteiger partial charge >= 0.3 is 0 Å². The van der Waals surface area contributed by atoms with Gasteiger partial charge in [-0.2, -0.15) is 5.10 Å². The number of rotatable bonds is 5. The SMILES string of the molecule is C=CC(=O)N1CCN2c3nc4c(Nc5ccc(Oc6ccn7ncnc7c6)c(C)c5)ncnc4cc3OC[C@H]2C1. The largest absolute Gasteiger partial charge is 0.487 e. The van der Waals surface area contributed by atoms with Crippen molar-refractivity contribution in [3.05, 3.63) is 73.5 Å². The molecule has 1 atom stereocenters. The Labute approximate surface area is 228 Å². The van der Waals surface area contributed by atoms with Gasteiger partial charge in [0.1, 0.15) is 36.3 Å². The fraction of sp³-hybridized carbons (Fsp3) is 0.214. The second kappa shape index (κ2) is 9.49. The van der Waals surface area contributed by atoms with Crippen LogP contribution >= 0.6 is 0 Å². The molecule has 4 aromatic heterocycles. The topological polar surface area (TPSA) is 123 Å². The van der Waals surface area contributed by atoms with Crippen LogP contribution in [0, 0.1) is 6.92 Å². The summed E-state index contributed by atoms with van der Waals surface area (Å²) in [6.07, 6.45) is 6.18. The Morgan fingerprint density at radius 1 is 1.15 bits per heavy atom. The lowest BCUT2D eigenvalue weighted by molar-refractivity contribution is -0.127. The summed E-state index contributed by atoms with van der Waals surface area (Å²) in [5.74, 6) is 3.33. The van der Waals surface area contributed by atoms with Crippen molar-refractivity contribution < 1.29 is 14.3 Å². The Hall–Kier alpha value is -5.26. The van der Waals surface area contributed by atoms with Crippen molar-refractivity contribution in [1.82, 2.24) is 34.4 Å². The Kier molecular flexibility index (Phi) is 5.65. The van der Waals surface area contributed by atoms with Crippen molar-refractivity contribution >= 4 is 39.9 Å². The van der Waals surface area contributed by atoms with Crippen LogP contribution in [0.15, 0.2) is 67.9 Å². The Balaban J connectivity index is 1.15. The van der Waals surface area contributed by atoms with Gasteiger partial charge in [-0.05, 0) is 42.8 Å². The minimum absolute atomic E-state index is 0.0109. The quantitative estimate of drug-likeness (QED) is 0.335. The van der Waals surface area contributed by atoms with E-state index in [-0.39, 0.29) is 11.9 Å². The van der Waals surface area contributed by atoms with Gasteiger partial charge in [0.15, 0.2) is 23.0 Å². The summed E-state index contributed by atoms with van der Waals surface area (Å²) in [7, 11) is 0. The van der Waals surface area contributed by atoms with Crippen molar-refractivity contribution in [2.24, 2.45) is 0 Å². The molecule has 2 aliphatic heterocycles. The van der Waals surface area contributed by atoms with E-state index in [1.165, 1.54) is 18.7 Å². The highest BCUT2D eigenvalue weighted by atomic mass is 16.5. The number of fused-ring (bicyclic) bond motifs is 5. The first-order valence-electron chi connectivity index (χ1n) is 12.9. The standard InChI is InChI=1S/C28H25N9O3/c1-3-25(38)35-8-9-36-19(13-35)14-39-23-12-21-26(34-28(23)36)27(31-15-29-21)33-18-4-5-22(17(2)10-18)40-20-6-7-37-24(11-20)30-16-32-37/h3-7,10-12,15-16,19H,1,8-9,13-14H2,2H3,(H,29,31,33)/t19-/m1/s1. The van der Waals surface area contributed by atoms with E-state index in [1.807, 2.05) is 49.5 Å². The van der Waals surface area contributed by atoms with Crippen LogP contribution in [-0.4, -0.2) is 72.6 Å². The van der Waals surface area contributed by atoms with Crippen molar-refractivity contribution in [2.75, 3.05) is 36.5 Å². The number of nitrogens with one attached hydrogen (secondary N) is 1. The number of carbonyl (C=O) groups is 1. The van der Waals surface area contributed by atoms with Gasteiger partial charge in [-0.3, -0.25) is 4.79 Å². The van der Waals surface area contributed by atoms with E-state index in [0.717, 1.165) is 22.8 Å². The first-order valence-corrected chi connectivity index (χ1v) is 12.9. The number of piperazine rings is 1. The zero-order valence-electron chi connectivity index (χ0n) is 21.7. The maximum atomic E-state index is 12.1. The molecule has 0 bridgehead atoms. The number of amides is 1. The summed E-state index contributed by atoms with van der Waals surface area (Å²) >= 11 is 0. The molecular formula is C28H25N9O3. The molecule has 5 aromatic rings. The highest BCUT2D eigenvalue weighted by Gasteiger charge is 2.35. The Morgan fingerprint density at radius 3 is 2.95 bits per heavy atom. The third-order valence-corrected chi connectivity index (χ3v) is 7.15. The summed E-state index contributed by atoms with van der Waals surface area (Å²) in [5, 5.41) is 7.51. The molecule has 2 aliphatic rings. The van der Waals surface area contributed by atoms with Gasteiger partial charge in [-0.25, -0.2) is 24.5 Å². The van der Waals surface area contributed by atoms with Crippen LogP contribution in [0.2, 0.25) is 0 Å². The lowest BCUT2D eigenvalue weighted by atomic mass is 10.1. The zero-order chi connectivity index (χ0) is 27.2. The lowest BCUT2D eigenvalue weighted by Crippen LogP contribution is -2.58. The van der Waals surface area contributed by atoms with Crippen LogP contribution in [0.25, 0.3) is 16.7 Å². The molecule has 0 aliphatic carbocycles. The number of aryl methyl sites for hydroxylation is 1. The van der Waals surface area contributed by atoms with Crippen molar-refractivity contribution in [1.29, 1.82) is 0 Å². The second-order valence-corrected chi connectivity index (χ2v) is 9.68. The molecule has 6 heterocycles. The number of anilines is 3. The van der Waals surface area contributed by atoms with Crippen molar-refractivity contribution in [3.8, 4) is 17.2 Å². The smallest absolute Gasteiger partial charge is 0.246 e. The monoisotopic (exact) mass is 535 g/mol. The fourth-order valence-electron chi connectivity index (χ4n) is 5.12. The summed E-state index contributed by atoms with van der Waals surface area (Å²) in [6.45, 7) is 7.87. The van der Waals surface area contributed by atoms with E-state index < -0.39 is 0 Å². The normalized spacial score (nSPS) is 16.3. The van der Waals surface area contributed by atoms with Crippen molar-refractivity contribution in [2.45, 2.75) is 13.0 Å². The zero-order valence-corrected chi connectivity index (χ0v) is 21.7. The van der Waals surface area contributed by atoms with Gasteiger partial charge in [-0.1, -0.05) is 6.58 Å². The highest BCUT2D eigenvalue weighted by molar-refractivity contribution is 5.90. The number of carbonyl (C=O) groups excluding carboxylic acids is 1. The maximum Gasteiger partial charge on any atom is 0.246 e. The average Bonchev–Trinajstić information content (AvgIpc) is 3.45. The Morgan fingerprint density at radius 2 is 2.08 bits per heavy atom. The van der Waals surface area contributed by atoms with Crippen LogP contribution in [-0.2, 0) is 4.79 Å². The minimum Gasteiger partial charge on any atom is -0.487 e. The Bertz CT molecular complexity index is 1790. The van der Waals surface area contributed by atoms with E-state index in [9.17, 15) is 4.79 Å². The first kappa shape index (κ1) is 23.8. The summed E-state index contributed by atoms with van der Waals surface area (Å²) in [6, 6.07) is 11.4. The molecule has 0 radical (unpaired) electrons. The predicted molar refractivity (Wildman–Crippen MR) is 148 cm³/mol. The molecule has 1 fully saturated rings. The maximum absolute atomic E-state index is 12.1. The van der Waals surface area contributed by atoms with E-state index in [0.29, 0.717) is 60.2 Å². The third-order valence-electron chi connectivity index (χ3n) is 7.15. The second-order valence-electron chi connectivity index (χ2n) is 9.68. The number of hydrogen-bond acceptors (Lipinski definition) is 10. The van der Waals surface area contributed by atoms with Crippen LogP contribution in [0.1, 0.15) is 5.56 Å². The van der Waals surface area contributed by atoms with Gasteiger partial charge in [-0.15, -0.1) is 0 Å². The molecule has 1 N–H and O–H groups in total. The van der Waals surface area contributed by atoms with E-state index >= 15 is 0 Å². The molecule has 40 heavy (non-hydrogen) atoms. The molecule has 1 aromatic carbocycles. The molecule has 7 rings (SSSR count). The molecule has 12 heteroatoms. The van der Waals surface area contributed by atoms with E-state index in [1.54, 1.807) is 9.42 Å². The van der Waals surface area contributed by atoms with Gasteiger partial charge in [0, 0.05) is 43.7 Å². The average molecular weight is 536 g/mol. The van der Waals surface area contributed by atoms with Crippen LogP contribution < -0.4 is 19.7 Å². The molecular weight excluding hydrogens is 510 g/mol. The van der Waals surface area contributed by atoms with Gasteiger partial charge in [0.25, 0.3) is 0 Å². The first-order chi connectivity index (χ1) is 19.6. The van der Waals surface area contributed by atoms with E-state index in [2.05, 4.69) is 36.8 Å². The van der Waals surface area contributed by atoms with Crippen molar-refractivity contribution in [3.63, 3.8) is 0 Å². The molecule has 1 saturated heterocycles. The van der Waals surface area contributed by atoms with Crippen LogP contribution in [0.3, 0.4) is 0 Å². The molecule has 1 amide bonds. The summed E-state index contributed by atoms with van der Waals surface area (Å²) in [4.78, 5) is 34.2. The molecule has 0 unspecified atom stereocenters. The number of benzene rings is 1. The molecule has 0 spiro atoms. The van der Waals surface area contributed by atoms with Crippen LogP contribution in [0.4, 0.5) is 17.3 Å². The van der Waals surface area contributed by atoms with Gasteiger partial charge in [0.2, 0.25) is 5.91 Å². The summed E-state index contributed by atoms with van der Waals surface area (Å²) < 4.78 is 13.8. The molecule has 12 nitrogen and oxygen atoms in total. The minimum atomic E-state index is -0.0695. The van der Waals surface area contributed by atoms with Crippen LogP contribution in [0.5, 0.6) is 17.2 Å². The number of ether oxygens (including phenoxy) is 2. The van der Waals surface area contributed by atoms with E-state index in [4.69, 9.17) is 14.5 Å².